The maximum absolute atomic E-state index is 11.1. The van der Waals surface area contributed by atoms with E-state index in [1.807, 2.05) is 35.7 Å². The zero-order valence-corrected chi connectivity index (χ0v) is 11.6. The maximum Gasteiger partial charge on any atom is 0.323 e. The number of methoxy groups -OCH3 is 1. The van der Waals surface area contributed by atoms with Gasteiger partial charge in [0.1, 0.15) is 12.3 Å². The monoisotopic (exact) mass is 288 g/mol. The summed E-state index contributed by atoms with van der Waals surface area (Å²) in [5.74, 6) is 0.513. The summed E-state index contributed by atoms with van der Waals surface area (Å²) in [5, 5.41) is 11.0. The molecule has 2 aromatic heterocycles. The molecule has 6 heteroatoms. The Morgan fingerprint density at radius 2 is 2.25 bits per heavy atom. The highest BCUT2D eigenvalue weighted by Gasteiger charge is 2.16. The Balaban J connectivity index is 2.20. The average Bonchev–Trinajstić information content (AvgIpc) is 3.03. The Morgan fingerprint density at radius 1 is 1.45 bits per heavy atom. The number of rotatable bonds is 4. The Bertz CT molecular complexity index is 776. The highest BCUT2D eigenvalue weighted by atomic mass is 32.1. The van der Waals surface area contributed by atoms with Crippen LogP contribution >= 0.6 is 11.3 Å². The van der Waals surface area contributed by atoms with Gasteiger partial charge in [-0.3, -0.25) is 4.79 Å². The molecule has 0 atom stereocenters. The minimum Gasteiger partial charge on any atom is -0.496 e. The normalized spacial score (nSPS) is 10.8. The molecule has 0 fully saturated rings. The minimum absolute atomic E-state index is 0.115. The van der Waals surface area contributed by atoms with Crippen LogP contribution in [0.25, 0.3) is 21.7 Å². The van der Waals surface area contributed by atoms with Crippen molar-refractivity contribution in [1.29, 1.82) is 0 Å². The lowest BCUT2D eigenvalue weighted by atomic mass is 10.3. The van der Waals surface area contributed by atoms with Gasteiger partial charge in [-0.15, -0.1) is 11.3 Å². The molecule has 20 heavy (non-hydrogen) atoms. The van der Waals surface area contributed by atoms with Gasteiger partial charge in [0.2, 0.25) is 0 Å². The van der Waals surface area contributed by atoms with Crippen molar-refractivity contribution < 1.29 is 14.6 Å². The molecule has 0 aliphatic heterocycles. The fraction of sp³-hybridized carbons (Fsp3) is 0.143. The molecular weight excluding hydrogens is 276 g/mol. The highest BCUT2D eigenvalue weighted by molar-refractivity contribution is 7.13. The molecule has 0 unspecified atom stereocenters. The number of ether oxygens (including phenoxy) is 1. The highest BCUT2D eigenvalue weighted by Crippen LogP contribution is 2.32. The smallest absolute Gasteiger partial charge is 0.323 e. The third kappa shape index (κ3) is 2.14. The summed E-state index contributed by atoms with van der Waals surface area (Å²) in [5.41, 5.74) is 1.60. The molecule has 2 heterocycles. The number of thiophene rings is 1. The van der Waals surface area contributed by atoms with E-state index < -0.39 is 5.97 Å². The lowest BCUT2D eigenvalue weighted by molar-refractivity contribution is -0.137. The number of hydrogen-bond donors (Lipinski definition) is 1. The number of carbonyl (C=O) groups is 1. The second-order valence-corrected chi connectivity index (χ2v) is 5.17. The van der Waals surface area contributed by atoms with Crippen LogP contribution in [0.1, 0.15) is 0 Å². The summed E-state index contributed by atoms with van der Waals surface area (Å²) in [7, 11) is 1.60. The number of nitrogens with zero attached hydrogens (tertiary/aromatic N) is 2. The van der Waals surface area contributed by atoms with Crippen LogP contribution in [0, 0.1) is 0 Å². The number of imidazole rings is 1. The van der Waals surface area contributed by atoms with Gasteiger partial charge in [0.15, 0.2) is 5.82 Å². The second-order valence-electron chi connectivity index (χ2n) is 4.25. The van der Waals surface area contributed by atoms with E-state index in [4.69, 9.17) is 9.84 Å². The summed E-state index contributed by atoms with van der Waals surface area (Å²) in [6, 6.07) is 9.38. The third-order valence-corrected chi connectivity index (χ3v) is 3.88. The Morgan fingerprint density at radius 3 is 2.95 bits per heavy atom. The molecule has 0 saturated carbocycles. The Kier molecular flexibility index (Phi) is 3.15. The van der Waals surface area contributed by atoms with Gasteiger partial charge in [-0.25, -0.2) is 4.98 Å². The third-order valence-electron chi connectivity index (χ3n) is 2.98. The van der Waals surface area contributed by atoms with Gasteiger partial charge in [-0.2, -0.15) is 0 Å². The molecule has 3 rings (SSSR count). The van der Waals surface area contributed by atoms with Gasteiger partial charge < -0.3 is 14.4 Å². The van der Waals surface area contributed by atoms with Crippen molar-refractivity contribution in [3.8, 4) is 16.5 Å². The van der Waals surface area contributed by atoms with Crippen LogP contribution in [0.5, 0.6) is 5.75 Å². The average molecular weight is 288 g/mol. The summed E-state index contributed by atoms with van der Waals surface area (Å²) >= 11 is 1.48. The molecule has 102 valence electrons. The predicted octanol–water partition coefficient (Wildman–Crippen LogP) is 2.86. The summed E-state index contributed by atoms with van der Waals surface area (Å²) < 4.78 is 6.88. The first-order chi connectivity index (χ1) is 9.69. The van der Waals surface area contributed by atoms with E-state index >= 15 is 0 Å². The van der Waals surface area contributed by atoms with E-state index in [2.05, 4.69) is 4.98 Å². The van der Waals surface area contributed by atoms with Crippen molar-refractivity contribution in [1.82, 2.24) is 9.55 Å². The number of aromatic nitrogens is 2. The SMILES string of the molecule is COc1csc(-c2nc3ccccc3n2CC(=O)O)c1. The number of fused-ring (bicyclic) bond motifs is 1. The first kappa shape index (κ1) is 12.7. The van der Waals surface area contributed by atoms with Crippen LogP contribution in [0.4, 0.5) is 0 Å². The van der Waals surface area contributed by atoms with Crippen LogP contribution in [0.2, 0.25) is 0 Å². The minimum atomic E-state index is -0.891. The molecule has 1 N–H and O–H groups in total. The first-order valence-electron chi connectivity index (χ1n) is 5.99. The molecule has 5 nitrogen and oxygen atoms in total. The summed E-state index contributed by atoms with van der Waals surface area (Å²) in [4.78, 5) is 16.5. The number of carboxylic acids is 1. The topological polar surface area (TPSA) is 64.4 Å². The van der Waals surface area contributed by atoms with E-state index in [-0.39, 0.29) is 6.54 Å². The van der Waals surface area contributed by atoms with E-state index in [1.165, 1.54) is 11.3 Å². The molecule has 0 amide bonds. The van der Waals surface area contributed by atoms with Crippen LogP contribution in [-0.2, 0) is 11.3 Å². The zero-order valence-electron chi connectivity index (χ0n) is 10.7. The molecule has 0 aliphatic rings. The van der Waals surface area contributed by atoms with Crippen molar-refractivity contribution in [3.63, 3.8) is 0 Å². The molecule has 0 saturated heterocycles. The van der Waals surface area contributed by atoms with E-state index in [0.29, 0.717) is 5.82 Å². The number of hydrogen-bond acceptors (Lipinski definition) is 4. The van der Waals surface area contributed by atoms with E-state index in [0.717, 1.165) is 21.7 Å². The molecule has 0 aliphatic carbocycles. The standard InChI is InChI=1S/C14H12N2O3S/c1-19-9-6-12(20-8-9)14-15-10-4-2-3-5-11(10)16(14)7-13(17)18/h2-6,8H,7H2,1H3,(H,17,18). The molecule has 3 aromatic rings. The predicted molar refractivity (Wildman–Crippen MR) is 77.2 cm³/mol. The van der Waals surface area contributed by atoms with Crippen molar-refractivity contribution >= 4 is 28.3 Å². The first-order valence-corrected chi connectivity index (χ1v) is 6.87. The summed E-state index contributed by atoms with van der Waals surface area (Å²) in [6.07, 6.45) is 0. The number of benzene rings is 1. The number of carboxylic acid groups (broad SMARTS) is 1. The van der Waals surface area contributed by atoms with Gasteiger partial charge in [0, 0.05) is 11.4 Å². The van der Waals surface area contributed by atoms with Gasteiger partial charge in [0.25, 0.3) is 0 Å². The fourth-order valence-electron chi connectivity index (χ4n) is 2.10. The van der Waals surface area contributed by atoms with Crippen molar-refractivity contribution in [2.45, 2.75) is 6.54 Å². The lowest BCUT2D eigenvalue weighted by Crippen LogP contribution is -2.09. The number of aliphatic carboxylic acids is 1. The number of para-hydroxylation sites is 2. The van der Waals surface area contributed by atoms with Crippen LogP contribution in [0.3, 0.4) is 0 Å². The Labute approximate surface area is 119 Å². The van der Waals surface area contributed by atoms with Crippen LogP contribution in [0.15, 0.2) is 35.7 Å². The quantitative estimate of drug-likeness (QED) is 0.801. The van der Waals surface area contributed by atoms with Crippen molar-refractivity contribution in [2.24, 2.45) is 0 Å². The maximum atomic E-state index is 11.1. The van der Waals surface area contributed by atoms with Crippen LogP contribution < -0.4 is 4.74 Å². The molecule has 0 radical (unpaired) electrons. The molecule has 0 spiro atoms. The zero-order chi connectivity index (χ0) is 14.1. The van der Waals surface area contributed by atoms with Crippen molar-refractivity contribution in [3.05, 3.63) is 35.7 Å². The van der Waals surface area contributed by atoms with Gasteiger partial charge in [0.05, 0.1) is 23.0 Å². The molecular formula is C14H12N2O3S. The van der Waals surface area contributed by atoms with Crippen molar-refractivity contribution in [2.75, 3.05) is 7.11 Å². The van der Waals surface area contributed by atoms with E-state index in [1.54, 1.807) is 11.7 Å². The second kappa shape index (κ2) is 4.97. The molecule has 0 bridgehead atoms. The largest absolute Gasteiger partial charge is 0.496 e. The lowest BCUT2D eigenvalue weighted by Gasteiger charge is -2.04. The van der Waals surface area contributed by atoms with Gasteiger partial charge in [-0.05, 0) is 12.1 Å². The van der Waals surface area contributed by atoms with E-state index in [9.17, 15) is 4.79 Å². The van der Waals surface area contributed by atoms with Gasteiger partial charge in [-0.1, -0.05) is 12.1 Å². The Hall–Kier alpha value is -2.34. The molecule has 1 aromatic carbocycles. The van der Waals surface area contributed by atoms with Gasteiger partial charge >= 0.3 is 5.97 Å². The summed E-state index contributed by atoms with van der Waals surface area (Å²) in [6.45, 7) is -0.115. The fourth-order valence-corrected chi connectivity index (χ4v) is 2.95. The van der Waals surface area contributed by atoms with Crippen LogP contribution in [-0.4, -0.2) is 27.7 Å².